The van der Waals surface area contributed by atoms with Crippen molar-refractivity contribution < 1.29 is 18.7 Å². The number of alkyl carbamates (subject to hydrolysis) is 1. The Labute approximate surface area is 238 Å². The van der Waals surface area contributed by atoms with Gasteiger partial charge < -0.3 is 19.4 Å². The topological polar surface area (TPSA) is 83.2 Å². The predicted molar refractivity (Wildman–Crippen MR) is 158 cm³/mol. The number of fused-ring (bicyclic) bond motifs is 1. The minimum Gasteiger partial charge on any atom is -0.444 e. The number of rotatable bonds is 11. The lowest BCUT2D eigenvalue weighted by atomic mass is 10.0. The second kappa shape index (κ2) is 12.9. The molecule has 40 heavy (non-hydrogen) atoms. The molecule has 214 valence electrons. The number of carbonyl (C=O) groups excluding carboxylic acids is 1. The zero-order chi connectivity index (χ0) is 28.9. The molecule has 0 fully saturated rings. The molecule has 0 bridgehead atoms. The third-order valence-electron chi connectivity index (χ3n) is 6.22. The molecule has 2 aromatic carbocycles. The predicted octanol–water partition coefficient (Wildman–Crippen LogP) is 5.39. The molecule has 4 rings (SSSR count). The van der Waals surface area contributed by atoms with E-state index in [9.17, 15) is 9.18 Å². The summed E-state index contributed by atoms with van der Waals surface area (Å²) < 4.78 is 28.6. The number of aryl methyl sites for hydroxylation is 1. The molecule has 1 N–H and O–H groups in total. The summed E-state index contributed by atoms with van der Waals surface area (Å²) in [4.78, 5) is 17.5. The van der Waals surface area contributed by atoms with Crippen LogP contribution in [0.5, 0.6) is 0 Å². The van der Waals surface area contributed by atoms with Gasteiger partial charge in [-0.2, -0.15) is 5.10 Å². The molecule has 8 nitrogen and oxygen atoms in total. The Bertz CT molecular complexity index is 1430. The first-order valence-corrected chi connectivity index (χ1v) is 15.5. The lowest BCUT2D eigenvalue weighted by molar-refractivity contribution is 0.0500. The Morgan fingerprint density at radius 1 is 1.15 bits per heavy atom. The normalized spacial score (nSPS) is 12.7. The molecule has 0 saturated heterocycles. The summed E-state index contributed by atoms with van der Waals surface area (Å²) in [5.74, 6) is 1.44. The fourth-order valence-electron chi connectivity index (χ4n) is 4.45. The molecule has 0 aliphatic heterocycles. The van der Waals surface area contributed by atoms with E-state index in [4.69, 9.17) is 14.6 Å². The van der Waals surface area contributed by atoms with Crippen LogP contribution < -0.4 is 5.32 Å². The summed E-state index contributed by atoms with van der Waals surface area (Å²) in [5, 5.41) is 8.76. The van der Waals surface area contributed by atoms with Crippen LogP contribution in [0.25, 0.3) is 10.9 Å². The number of hydrogen-bond donors (Lipinski definition) is 1. The summed E-state index contributed by atoms with van der Waals surface area (Å²) in [6, 6.07) is 10.1. The highest BCUT2D eigenvalue weighted by Crippen LogP contribution is 2.25. The Kier molecular flexibility index (Phi) is 9.52. The van der Waals surface area contributed by atoms with Gasteiger partial charge in [0.1, 0.15) is 29.7 Å². The average molecular weight is 569 g/mol. The van der Waals surface area contributed by atoms with Crippen LogP contribution >= 0.6 is 0 Å². The molecule has 0 saturated carbocycles. The van der Waals surface area contributed by atoms with Crippen molar-refractivity contribution in [1.82, 2.24) is 24.6 Å². The van der Waals surface area contributed by atoms with Crippen LogP contribution in [0.15, 0.2) is 55.0 Å². The lowest BCUT2D eigenvalue weighted by Gasteiger charge is -2.24. The molecule has 1 amide bonds. The van der Waals surface area contributed by atoms with Crippen molar-refractivity contribution in [3.63, 3.8) is 0 Å². The van der Waals surface area contributed by atoms with Crippen molar-refractivity contribution in [1.29, 1.82) is 0 Å². The number of hydrogen-bond acceptors (Lipinski definition) is 5. The molecular formula is C30H39FN5O3S+. The Morgan fingerprint density at radius 3 is 2.60 bits per heavy atom. The van der Waals surface area contributed by atoms with Gasteiger partial charge in [-0.05, 0) is 73.5 Å². The van der Waals surface area contributed by atoms with Crippen LogP contribution in [0.2, 0.25) is 0 Å². The zero-order valence-corrected chi connectivity index (χ0v) is 24.9. The van der Waals surface area contributed by atoms with Gasteiger partial charge in [-0.3, -0.25) is 0 Å². The molecule has 4 aromatic rings. The van der Waals surface area contributed by atoms with Gasteiger partial charge in [0.05, 0.1) is 30.7 Å². The summed E-state index contributed by atoms with van der Waals surface area (Å²) >= 11 is 0. The number of halogens is 1. The number of aromatic nitrogens is 4. The maximum absolute atomic E-state index is 13.5. The Balaban J connectivity index is 1.58. The van der Waals surface area contributed by atoms with Gasteiger partial charge in [-0.15, -0.1) is 0 Å². The molecule has 2 aromatic heterocycles. The molecule has 0 radical (unpaired) electrons. The fourth-order valence-corrected chi connectivity index (χ4v) is 4.90. The molecule has 2 heterocycles. The summed E-state index contributed by atoms with van der Waals surface area (Å²) in [6.07, 6.45) is 9.95. The van der Waals surface area contributed by atoms with E-state index >= 15 is 0 Å². The van der Waals surface area contributed by atoms with E-state index in [1.807, 2.05) is 49.3 Å². The largest absolute Gasteiger partial charge is 0.444 e. The highest BCUT2D eigenvalue weighted by atomic mass is 32.2. The molecular weight excluding hydrogens is 529 g/mol. The first-order chi connectivity index (χ1) is 19.0. The lowest BCUT2D eigenvalue weighted by Crippen LogP contribution is -2.37. The van der Waals surface area contributed by atoms with E-state index in [2.05, 4.69) is 34.9 Å². The van der Waals surface area contributed by atoms with E-state index < -0.39 is 17.7 Å². The van der Waals surface area contributed by atoms with Gasteiger partial charge >= 0.3 is 6.09 Å². The molecule has 0 aliphatic carbocycles. The van der Waals surface area contributed by atoms with Crippen LogP contribution in [0.4, 0.5) is 9.18 Å². The summed E-state index contributed by atoms with van der Waals surface area (Å²) in [5.41, 5.74) is 3.29. The zero-order valence-electron chi connectivity index (χ0n) is 24.1. The number of nitrogens with one attached hydrogen (secondary N) is 1. The SMILES string of the molecule is Cc1cc(CC(NC(=O)OC(C)(C)C)c2nccn2Cc2ccc(F)cc2)cc2cn(COCC[S+](C)C)nc12. The van der Waals surface area contributed by atoms with Crippen LogP contribution in [0.3, 0.4) is 0 Å². The second-order valence-electron chi connectivity index (χ2n) is 11.2. The fraction of sp³-hybridized carbons (Fsp3) is 0.433. The van der Waals surface area contributed by atoms with Crippen LogP contribution in [0, 0.1) is 12.7 Å². The monoisotopic (exact) mass is 568 g/mol. The highest BCUT2D eigenvalue weighted by Gasteiger charge is 2.24. The van der Waals surface area contributed by atoms with Crippen molar-refractivity contribution in [2.75, 3.05) is 24.9 Å². The van der Waals surface area contributed by atoms with E-state index in [1.165, 1.54) is 12.1 Å². The number of carbonyl (C=O) groups is 1. The molecule has 0 spiro atoms. The van der Waals surface area contributed by atoms with Gasteiger partial charge in [-0.25, -0.2) is 18.9 Å². The van der Waals surface area contributed by atoms with Gasteiger partial charge in [0.15, 0.2) is 0 Å². The van der Waals surface area contributed by atoms with Crippen molar-refractivity contribution in [2.45, 2.75) is 59.0 Å². The Hall–Kier alpha value is -3.37. The first kappa shape index (κ1) is 29.6. The van der Waals surface area contributed by atoms with Crippen molar-refractivity contribution in [2.24, 2.45) is 0 Å². The smallest absolute Gasteiger partial charge is 0.408 e. The molecule has 10 heteroatoms. The number of benzene rings is 2. The number of amides is 1. The number of imidazole rings is 1. The van der Waals surface area contributed by atoms with Crippen LogP contribution in [-0.2, 0) is 40.1 Å². The molecule has 1 atom stereocenters. The third-order valence-corrected chi connectivity index (χ3v) is 7.21. The summed E-state index contributed by atoms with van der Waals surface area (Å²) in [7, 11) is 0.346. The maximum Gasteiger partial charge on any atom is 0.408 e. The van der Waals surface area contributed by atoms with Crippen molar-refractivity contribution in [3.05, 3.63) is 83.3 Å². The second-order valence-corrected chi connectivity index (χ2v) is 13.6. The van der Waals surface area contributed by atoms with E-state index in [-0.39, 0.29) is 5.82 Å². The standard InChI is InChI=1S/C30H38FN5O3S/c1-21-15-23(16-24-19-36(34-27(21)24)20-38-13-14-40(5)6)17-26(33-29(37)39-30(2,3)4)28-32-11-12-35(28)18-22-7-9-25(31)10-8-22/h7-12,15-16,19,26H,13-14,17-18,20H2,1-6H3/p+1. The van der Waals surface area contributed by atoms with E-state index in [0.29, 0.717) is 43.0 Å². The van der Waals surface area contributed by atoms with Gasteiger partial charge in [0.2, 0.25) is 0 Å². The number of nitrogens with zero attached hydrogens (tertiary/aromatic N) is 4. The van der Waals surface area contributed by atoms with Gasteiger partial charge in [-0.1, -0.05) is 18.2 Å². The van der Waals surface area contributed by atoms with Crippen molar-refractivity contribution in [3.8, 4) is 0 Å². The van der Waals surface area contributed by atoms with E-state index in [0.717, 1.165) is 33.3 Å². The van der Waals surface area contributed by atoms with Crippen molar-refractivity contribution >= 4 is 27.9 Å². The summed E-state index contributed by atoms with van der Waals surface area (Å²) in [6.45, 7) is 9.14. The first-order valence-electron chi connectivity index (χ1n) is 13.3. The highest BCUT2D eigenvalue weighted by molar-refractivity contribution is 7.95. The Morgan fingerprint density at radius 2 is 1.90 bits per heavy atom. The van der Waals surface area contributed by atoms with Crippen LogP contribution in [0.1, 0.15) is 49.3 Å². The van der Waals surface area contributed by atoms with Crippen LogP contribution in [-0.4, -0.2) is 55.9 Å². The number of ether oxygens (including phenoxy) is 2. The van der Waals surface area contributed by atoms with E-state index in [1.54, 1.807) is 18.3 Å². The average Bonchev–Trinajstić information content (AvgIpc) is 3.49. The van der Waals surface area contributed by atoms with Gasteiger partial charge in [0, 0.05) is 36.9 Å². The quantitative estimate of drug-likeness (QED) is 0.194. The minimum atomic E-state index is -0.639. The third kappa shape index (κ3) is 8.32. The maximum atomic E-state index is 13.5. The van der Waals surface area contributed by atoms with Gasteiger partial charge in [0.25, 0.3) is 0 Å². The molecule has 1 unspecified atom stereocenters. The molecule has 0 aliphatic rings. The minimum absolute atomic E-state index is 0.282.